The largest absolute Gasteiger partial charge is 0.394 e. The summed E-state index contributed by atoms with van der Waals surface area (Å²) in [6.45, 7) is 4.28. The minimum atomic E-state index is -1.08. The molecule has 0 amide bonds. The predicted molar refractivity (Wildman–Crippen MR) is 127 cm³/mol. The highest BCUT2D eigenvalue weighted by atomic mass is 16.6. The Morgan fingerprint density at radius 3 is 1.61 bits per heavy atom. The molecule has 1 saturated heterocycles. The fourth-order valence-corrected chi connectivity index (χ4v) is 4.26. The highest BCUT2D eigenvalue weighted by Gasteiger charge is 2.38. The van der Waals surface area contributed by atoms with Crippen LogP contribution in [0.1, 0.15) is 109 Å². The average Bonchev–Trinajstić information content (AvgIpc) is 2.78. The third-order valence-electron chi connectivity index (χ3n) is 6.40. The van der Waals surface area contributed by atoms with Crippen LogP contribution >= 0.6 is 0 Å². The maximum atomic E-state index is 10.0. The first-order chi connectivity index (χ1) is 15.2. The lowest BCUT2D eigenvalue weighted by Gasteiger charge is -2.36. The molecule has 0 unspecified atom stereocenters. The molecule has 1 aliphatic rings. The topological polar surface area (TPSA) is 79.2 Å². The molecule has 0 aromatic rings. The number of allylic oxidation sites excluding steroid dienone is 1. The van der Waals surface area contributed by atoms with Crippen molar-refractivity contribution in [3.8, 4) is 0 Å². The summed E-state index contributed by atoms with van der Waals surface area (Å²) in [7, 11) is 0. The van der Waals surface area contributed by atoms with Crippen molar-refractivity contribution in [1.29, 1.82) is 0 Å². The number of hydrogen-bond donors (Lipinski definition) is 3. The zero-order chi connectivity index (χ0) is 22.6. The third kappa shape index (κ3) is 14.3. The number of rotatable bonds is 21. The van der Waals surface area contributed by atoms with Crippen LogP contribution in [-0.2, 0) is 9.47 Å². The van der Waals surface area contributed by atoms with Gasteiger partial charge in [-0.2, -0.15) is 0 Å². The molecule has 0 saturated carbocycles. The fourth-order valence-electron chi connectivity index (χ4n) is 4.26. The van der Waals surface area contributed by atoms with Crippen molar-refractivity contribution in [3.05, 3.63) is 12.7 Å². The van der Waals surface area contributed by atoms with Crippen LogP contribution in [-0.4, -0.2) is 59.6 Å². The van der Waals surface area contributed by atoms with Gasteiger partial charge in [-0.05, 0) is 19.3 Å². The Bertz CT molecular complexity index is 403. The molecule has 4 atom stereocenters. The average molecular weight is 443 g/mol. The van der Waals surface area contributed by atoms with Gasteiger partial charge in [0.25, 0.3) is 0 Å². The van der Waals surface area contributed by atoms with Gasteiger partial charge in [0, 0.05) is 6.61 Å². The molecule has 3 N–H and O–H groups in total. The summed E-state index contributed by atoms with van der Waals surface area (Å²) in [5.41, 5.74) is 0. The Labute approximate surface area is 191 Å². The zero-order valence-electron chi connectivity index (χ0n) is 19.9. The molecule has 1 fully saturated rings. The van der Waals surface area contributed by atoms with Crippen molar-refractivity contribution in [2.75, 3.05) is 19.8 Å². The van der Waals surface area contributed by atoms with Crippen molar-refractivity contribution >= 4 is 0 Å². The lowest BCUT2D eigenvalue weighted by molar-refractivity contribution is -0.208. The summed E-state index contributed by atoms with van der Waals surface area (Å²) in [5.74, 6) is 0. The minimum Gasteiger partial charge on any atom is -0.394 e. The summed E-state index contributed by atoms with van der Waals surface area (Å²) in [6.07, 6.45) is 21.1. The zero-order valence-corrected chi connectivity index (χ0v) is 19.9. The molecular formula is C26H50O5. The molecule has 5 heteroatoms. The third-order valence-corrected chi connectivity index (χ3v) is 6.40. The predicted octanol–water partition coefficient (Wildman–Crippen LogP) is 5.30. The van der Waals surface area contributed by atoms with E-state index in [0.29, 0.717) is 6.61 Å². The second kappa shape index (κ2) is 20.2. The van der Waals surface area contributed by atoms with E-state index < -0.39 is 24.4 Å². The van der Waals surface area contributed by atoms with Gasteiger partial charge >= 0.3 is 0 Å². The molecule has 0 aromatic carbocycles. The Kier molecular flexibility index (Phi) is 18.6. The molecule has 1 rings (SSSR count). The van der Waals surface area contributed by atoms with E-state index >= 15 is 0 Å². The number of hydrogen-bond acceptors (Lipinski definition) is 5. The highest BCUT2D eigenvalue weighted by molar-refractivity contribution is 4.87. The summed E-state index contributed by atoms with van der Waals surface area (Å²) in [5, 5.41) is 28.9. The monoisotopic (exact) mass is 442 g/mol. The van der Waals surface area contributed by atoms with E-state index in [-0.39, 0.29) is 13.2 Å². The van der Waals surface area contributed by atoms with Gasteiger partial charge in [-0.15, -0.1) is 6.58 Å². The summed E-state index contributed by atoms with van der Waals surface area (Å²) >= 11 is 0. The smallest absolute Gasteiger partial charge is 0.111 e. The van der Waals surface area contributed by atoms with E-state index in [4.69, 9.17) is 14.6 Å². The minimum absolute atomic E-state index is 0.222. The Morgan fingerprint density at radius 1 is 0.710 bits per heavy atom. The van der Waals surface area contributed by atoms with Gasteiger partial charge in [-0.3, -0.25) is 0 Å². The highest BCUT2D eigenvalue weighted by Crippen LogP contribution is 2.18. The van der Waals surface area contributed by atoms with Gasteiger partial charge in [-0.1, -0.05) is 96.0 Å². The van der Waals surface area contributed by atoms with Crippen LogP contribution in [0.15, 0.2) is 12.7 Å². The standard InChI is InChI=1S/C26H50O5/c1-2-3-4-5-6-7-8-9-10-11-12-13-14-15-16-17-18-19-20-30-24-22-31-23(21-27)25(28)26(24)29/h2,23-29H,1,3-22H2/t23-,24+,25-,26-/m0/s1. The number of aliphatic hydroxyl groups is 3. The molecule has 0 aromatic heterocycles. The molecule has 0 spiro atoms. The molecule has 5 nitrogen and oxygen atoms in total. The fraction of sp³-hybridized carbons (Fsp3) is 0.923. The normalized spacial score (nSPS) is 23.8. The van der Waals surface area contributed by atoms with Crippen molar-refractivity contribution < 1.29 is 24.8 Å². The lowest BCUT2D eigenvalue weighted by atomic mass is 10.0. The molecule has 0 bridgehead atoms. The SMILES string of the molecule is C=CCCCCCCCCCCCCCCCCCCO[C@@H]1CO[C@@H](CO)[C@H](O)[C@H]1O. The van der Waals surface area contributed by atoms with Gasteiger partial charge < -0.3 is 24.8 Å². The van der Waals surface area contributed by atoms with Crippen molar-refractivity contribution in [2.24, 2.45) is 0 Å². The van der Waals surface area contributed by atoms with Crippen molar-refractivity contribution in [1.82, 2.24) is 0 Å². The first-order valence-electron chi connectivity index (χ1n) is 13.0. The molecule has 0 aliphatic carbocycles. The van der Waals surface area contributed by atoms with E-state index in [1.165, 1.54) is 96.3 Å². The summed E-state index contributed by atoms with van der Waals surface area (Å²) in [4.78, 5) is 0. The Morgan fingerprint density at radius 2 is 1.16 bits per heavy atom. The van der Waals surface area contributed by atoms with Crippen LogP contribution in [0.2, 0.25) is 0 Å². The van der Waals surface area contributed by atoms with Crippen molar-refractivity contribution in [2.45, 2.75) is 134 Å². The van der Waals surface area contributed by atoms with Gasteiger partial charge in [0.1, 0.15) is 24.4 Å². The Hall–Kier alpha value is -0.460. The van der Waals surface area contributed by atoms with Crippen LogP contribution < -0.4 is 0 Å². The van der Waals surface area contributed by atoms with Crippen LogP contribution in [0, 0.1) is 0 Å². The van der Waals surface area contributed by atoms with Crippen LogP contribution in [0.5, 0.6) is 0 Å². The van der Waals surface area contributed by atoms with E-state index in [9.17, 15) is 10.2 Å². The lowest BCUT2D eigenvalue weighted by Crippen LogP contribution is -2.55. The molecular weight excluding hydrogens is 392 g/mol. The van der Waals surface area contributed by atoms with Crippen LogP contribution in [0.25, 0.3) is 0 Å². The molecule has 184 valence electrons. The van der Waals surface area contributed by atoms with Gasteiger partial charge in [0.05, 0.1) is 13.2 Å². The van der Waals surface area contributed by atoms with E-state index in [1.807, 2.05) is 6.08 Å². The quantitative estimate of drug-likeness (QED) is 0.166. The van der Waals surface area contributed by atoms with E-state index in [2.05, 4.69) is 6.58 Å². The number of unbranched alkanes of at least 4 members (excludes halogenated alkanes) is 16. The molecule has 31 heavy (non-hydrogen) atoms. The molecule has 0 radical (unpaired) electrons. The summed E-state index contributed by atoms with van der Waals surface area (Å²) in [6, 6.07) is 0. The molecule has 1 aliphatic heterocycles. The van der Waals surface area contributed by atoms with Crippen molar-refractivity contribution in [3.63, 3.8) is 0 Å². The summed E-state index contributed by atoms with van der Waals surface area (Å²) < 4.78 is 11.0. The van der Waals surface area contributed by atoms with Crippen LogP contribution in [0.4, 0.5) is 0 Å². The van der Waals surface area contributed by atoms with Gasteiger partial charge in [0.15, 0.2) is 0 Å². The maximum Gasteiger partial charge on any atom is 0.111 e. The van der Waals surface area contributed by atoms with Gasteiger partial charge in [0.2, 0.25) is 0 Å². The Balaban J connectivity index is 1.77. The number of aliphatic hydroxyl groups excluding tert-OH is 3. The second-order valence-electron chi connectivity index (χ2n) is 9.18. The second-order valence-corrected chi connectivity index (χ2v) is 9.18. The van der Waals surface area contributed by atoms with E-state index in [0.717, 1.165) is 12.8 Å². The molecule has 1 heterocycles. The number of ether oxygens (including phenoxy) is 2. The van der Waals surface area contributed by atoms with Crippen LogP contribution in [0.3, 0.4) is 0 Å². The van der Waals surface area contributed by atoms with E-state index in [1.54, 1.807) is 0 Å². The van der Waals surface area contributed by atoms with Gasteiger partial charge in [-0.25, -0.2) is 0 Å². The first kappa shape index (κ1) is 28.6. The first-order valence-corrected chi connectivity index (χ1v) is 13.0. The maximum absolute atomic E-state index is 10.0.